The first-order valence-electron chi connectivity index (χ1n) is 2.72. The first-order chi connectivity index (χ1) is 4.56. The lowest BCUT2D eigenvalue weighted by Gasteiger charge is -2.03. The van der Waals surface area contributed by atoms with E-state index in [0.717, 1.165) is 0 Å². The Morgan fingerprint density at radius 2 is 2.20 bits per heavy atom. The zero-order valence-corrected chi connectivity index (χ0v) is 7.48. The number of rotatable bonds is 5. The van der Waals surface area contributed by atoms with Crippen molar-refractivity contribution in [1.29, 1.82) is 0 Å². The van der Waals surface area contributed by atoms with Crippen molar-refractivity contribution in [2.75, 3.05) is 13.0 Å². The summed E-state index contributed by atoms with van der Waals surface area (Å²) in [5, 5.41) is 0. The predicted octanol–water partition coefficient (Wildman–Crippen LogP) is 0.0508. The van der Waals surface area contributed by atoms with Gasteiger partial charge in [0.1, 0.15) is 13.3 Å². The summed E-state index contributed by atoms with van der Waals surface area (Å²) in [6, 6.07) is 0. The molecule has 1 atom stereocenters. The highest BCUT2D eigenvalue weighted by Gasteiger charge is 2.11. The molecule has 1 radical (unpaired) electrons. The van der Waals surface area contributed by atoms with E-state index in [9.17, 15) is 4.57 Å². The Kier molecular flexibility index (Phi) is 5.60. The van der Waals surface area contributed by atoms with E-state index in [4.69, 9.17) is 9.79 Å². The molecule has 1 unspecified atom stereocenters. The molecule has 4 nitrogen and oxygen atoms in total. The average Bonchev–Trinajstić information content (AvgIpc) is 1.78. The Labute approximate surface area is 62.9 Å². The molecule has 0 aliphatic carbocycles. The maximum absolute atomic E-state index is 10.1. The van der Waals surface area contributed by atoms with E-state index in [0.29, 0.717) is 12.9 Å². The van der Waals surface area contributed by atoms with Gasteiger partial charge in [-0.2, -0.15) is 9.12 Å². The van der Waals surface area contributed by atoms with Crippen LogP contribution in [0.25, 0.3) is 0 Å². The van der Waals surface area contributed by atoms with Crippen LogP contribution in [-0.2, 0) is 9.30 Å². The molecule has 0 bridgehead atoms. The Hall–Kier alpha value is 0.605. The van der Waals surface area contributed by atoms with Crippen molar-refractivity contribution < 1.29 is 19.1 Å². The molecule has 0 fully saturated rings. The van der Waals surface area contributed by atoms with Gasteiger partial charge in [-0.15, -0.1) is 0 Å². The molecule has 0 amide bonds. The topological polar surface area (TPSA) is 66.8 Å². The summed E-state index contributed by atoms with van der Waals surface area (Å²) >= 11 is 0. The normalized spacial score (nSPS) is 11.5. The molecule has 0 aromatic heterocycles. The molecule has 2 N–H and O–H groups in total. The second kappa shape index (κ2) is 5.28. The lowest BCUT2D eigenvalue weighted by atomic mass is 10.0. The molecular formula is C3H10BO4P2. The number of hydrogen-bond donors (Lipinski definition) is 2. The third kappa shape index (κ3) is 8.60. The molecule has 0 aromatic carbocycles. The van der Waals surface area contributed by atoms with Gasteiger partial charge < -0.3 is 14.5 Å². The van der Waals surface area contributed by atoms with E-state index in [1.807, 2.05) is 0 Å². The maximum atomic E-state index is 10.1. The van der Waals surface area contributed by atoms with E-state index in [1.54, 1.807) is 7.00 Å². The van der Waals surface area contributed by atoms with Gasteiger partial charge in [0.15, 0.2) is 0 Å². The summed E-state index contributed by atoms with van der Waals surface area (Å²) in [5.41, 5.74) is 0. The Balaban J connectivity index is 3.13. The lowest BCUT2D eigenvalue weighted by molar-refractivity contribution is 0.170. The zero-order valence-electron chi connectivity index (χ0n) is 5.43. The van der Waals surface area contributed by atoms with Crippen LogP contribution in [0.3, 0.4) is 0 Å². The minimum Gasteiger partial charge on any atom is -0.370 e. The summed E-state index contributed by atoms with van der Waals surface area (Å²) in [6.45, 7) is 2.15. The van der Waals surface area contributed by atoms with Crippen LogP contribution in [0.2, 0.25) is 6.32 Å². The predicted molar refractivity (Wildman–Crippen MR) is 43.1 cm³/mol. The molecule has 10 heavy (non-hydrogen) atoms. The minimum atomic E-state index is -3.95. The van der Waals surface area contributed by atoms with Crippen molar-refractivity contribution in [3.05, 3.63) is 0 Å². The fraction of sp³-hybridized carbons (Fsp3) is 1.00. The van der Waals surface area contributed by atoms with E-state index in [1.165, 1.54) is 0 Å². The molecule has 0 saturated heterocycles. The van der Waals surface area contributed by atoms with Crippen LogP contribution < -0.4 is 0 Å². The lowest BCUT2D eigenvalue weighted by Crippen LogP contribution is -1.97. The van der Waals surface area contributed by atoms with Gasteiger partial charge in [0.25, 0.3) is 0 Å². The first-order valence-corrected chi connectivity index (χ1v) is 5.18. The standard InChI is InChI=1S/C3H10BO4P2/c5-10(6,7)3-8-2-1-4-9/h1-3,9H2,(H2,5,6,7). The van der Waals surface area contributed by atoms with E-state index in [2.05, 4.69) is 13.9 Å². The van der Waals surface area contributed by atoms with Gasteiger partial charge in [-0.25, -0.2) is 0 Å². The second-order valence-corrected chi connectivity index (χ2v) is 3.79. The van der Waals surface area contributed by atoms with Crippen molar-refractivity contribution in [3.63, 3.8) is 0 Å². The van der Waals surface area contributed by atoms with Crippen molar-refractivity contribution in [2.45, 2.75) is 6.32 Å². The summed E-state index contributed by atoms with van der Waals surface area (Å²) in [4.78, 5) is 16.6. The molecule has 0 spiro atoms. The second-order valence-electron chi connectivity index (χ2n) is 1.73. The summed E-state index contributed by atoms with van der Waals surface area (Å²) in [6.07, 6.45) is 0.205. The maximum Gasteiger partial charge on any atom is 0.350 e. The summed E-state index contributed by atoms with van der Waals surface area (Å²) < 4.78 is 14.8. The SMILES string of the molecule is O=P(O)(O)COCC[B]P. The van der Waals surface area contributed by atoms with Crippen LogP contribution in [-0.4, -0.2) is 29.7 Å². The van der Waals surface area contributed by atoms with Gasteiger partial charge in [0.2, 0.25) is 0 Å². The van der Waals surface area contributed by atoms with Crippen molar-refractivity contribution in [1.82, 2.24) is 0 Å². The van der Waals surface area contributed by atoms with Crippen LogP contribution >= 0.6 is 16.7 Å². The molecule has 0 heterocycles. The molecule has 0 aliphatic rings. The number of hydrogen-bond acceptors (Lipinski definition) is 2. The van der Waals surface area contributed by atoms with Crippen molar-refractivity contribution in [2.24, 2.45) is 0 Å². The molecule has 7 heteroatoms. The van der Waals surface area contributed by atoms with Crippen LogP contribution in [0.5, 0.6) is 0 Å². The fourth-order valence-electron chi connectivity index (χ4n) is 0.335. The smallest absolute Gasteiger partial charge is 0.350 e. The van der Waals surface area contributed by atoms with Gasteiger partial charge in [0.05, 0.1) is 0 Å². The minimum absolute atomic E-state index is 0.356. The van der Waals surface area contributed by atoms with E-state index in [-0.39, 0.29) is 0 Å². The van der Waals surface area contributed by atoms with Gasteiger partial charge >= 0.3 is 7.60 Å². The van der Waals surface area contributed by atoms with Crippen LogP contribution in [0.1, 0.15) is 0 Å². The third-order valence-corrected chi connectivity index (χ3v) is 1.54. The van der Waals surface area contributed by atoms with Crippen LogP contribution in [0, 0.1) is 0 Å². The Morgan fingerprint density at radius 3 is 2.60 bits per heavy atom. The summed E-state index contributed by atoms with van der Waals surface area (Å²) in [5.74, 6) is 0. The van der Waals surface area contributed by atoms with Crippen LogP contribution in [0.15, 0.2) is 0 Å². The molecular weight excluding hydrogens is 173 g/mol. The summed E-state index contributed by atoms with van der Waals surface area (Å²) in [7, 11) is -1.57. The van der Waals surface area contributed by atoms with Gasteiger partial charge in [-0.3, -0.25) is 4.57 Å². The van der Waals surface area contributed by atoms with Gasteiger partial charge in [-0.1, -0.05) is 6.32 Å². The Morgan fingerprint density at radius 1 is 1.60 bits per heavy atom. The molecule has 59 valence electrons. The molecule has 0 aliphatic heterocycles. The van der Waals surface area contributed by atoms with E-state index < -0.39 is 13.9 Å². The average molecular weight is 183 g/mol. The highest BCUT2D eigenvalue weighted by molar-refractivity contribution is 7.55. The third-order valence-electron chi connectivity index (χ3n) is 0.688. The number of ether oxygens (including phenoxy) is 1. The van der Waals surface area contributed by atoms with Crippen molar-refractivity contribution in [3.8, 4) is 0 Å². The van der Waals surface area contributed by atoms with Gasteiger partial charge in [0, 0.05) is 6.61 Å². The first kappa shape index (κ1) is 10.6. The molecule has 0 rings (SSSR count). The molecule has 0 saturated carbocycles. The highest BCUT2D eigenvalue weighted by Crippen LogP contribution is 2.33. The van der Waals surface area contributed by atoms with Crippen molar-refractivity contribution >= 4 is 23.7 Å². The highest BCUT2D eigenvalue weighted by atomic mass is 31.2. The fourth-order valence-corrected chi connectivity index (χ4v) is 0.838. The monoisotopic (exact) mass is 183 g/mol. The molecule has 0 aromatic rings. The van der Waals surface area contributed by atoms with Gasteiger partial charge in [-0.05, 0) is 0 Å². The zero-order chi connectivity index (χ0) is 8.04. The Bertz CT molecular complexity index is 124. The van der Waals surface area contributed by atoms with E-state index >= 15 is 0 Å². The largest absolute Gasteiger partial charge is 0.370 e. The van der Waals surface area contributed by atoms with Crippen LogP contribution in [0.4, 0.5) is 0 Å². The quantitative estimate of drug-likeness (QED) is 0.359.